The van der Waals surface area contributed by atoms with Gasteiger partial charge in [0, 0.05) is 49.3 Å². The fourth-order valence-corrected chi connectivity index (χ4v) is 9.19. The number of fused-ring (bicyclic) bond motifs is 1. The summed E-state index contributed by atoms with van der Waals surface area (Å²) in [6.07, 6.45) is 16.0. The lowest BCUT2D eigenvalue weighted by Crippen LogP contribution is -2.20. The van der Waals surface area contributed by atoms with Crippen LogP contribution in [0.4, 0.5) is 0 Å². The molecule has 0 amide bonds. The molecule has 0 aliphatic rings. The first-order valence-electron chi connectivity index (χ1n) is 19.1. The van der Waals surface area contributed by atoms with E-state index < -0.39 is 0 Å². The second kappa shape index (κ2) is 16.8. The van der Waals surface area contributed by atoms with E-state index in [1.807, 2.05) is 78.9 Å². The van der Waals surface area contributed by atoms with Crippen LogP contribution in [0.5, 0.6) is 0 Å². The van der Waals surface area contributed by atoms with E-state index in [0.29, 0.717) is 17.5 Å². The third-order valence-corrected chi connectivity index (χ3v) is 12.4. The summed E-state index contributed by atoms with van der Waals surface area (Å²) in [5.74, 6) is 1.85. The average molecular weight is 786 g/mol. The molecular weight excluding hydrogens is 746 g/mol. The van der Waals surface area contributed by atoms with Crippen LogP contribution in [0.2, 0.25) is 6.82 Å². The summed E-state index contributed by atoms with van der Waals surface area (Å²) >= 11 is 3.45. The second-order valence-corrected chi connectivity index (χ2v) is 15.8. The van der Waals surface area contributed by atoms with Crippen molar-refractivity contribution in [1.29, 1.82) is 0 Å². The minimum absolute atomic E-state index is 0.600. The predicted molar refractivity (Wildman–Crippen MR) is 253 cm³/mol. The van der Waals surface area contributed by atoms with Gasteiger partial charge in [0.1, 0.15) is 5.01 Å². The third-order valence-electron chi connectivity index (χ3n) is 9.98. The zero-order chi connectivity index (χ0) is 40.2. The Balaban J connectivity index is 1.23. The molecule has 280 valence electrons. The maximum absolute atomic E-state index is 5.19. The Bertz CT molecular complexity index is 2970. The number of hydrogen-bond acceptors (Lipinski definition) is 6. The topological polar surface area (TPSA) is 56.5 Å². The van der Waals surface area contributed by atoms with Gasteiger partial charge in [-0.1, -0.05) is 148 Å². The van der Waals surface area contributed by atoms with Crippen molar-refractivity contribution < 1.29 is 0 Å². The predicted octanol–water partition coefficient (Wildman–Crippen LogP) is 10.7. The number of aromatic nitrogens is 5. The van der Waals surface area contributed by atoms with E-state index in [1.165, 1.54) is 4.78 Å². The largest absolute Gasteiger partial charge is 0.313 e. The fourth-order valence-electron chi connectivity index (χ4n) is 7.14. The molecule has 0 saturated carbocycles. The van der Waals surface area contributed by atoms with Crippen molar-refractivity contribution in [3.8, 4) is 50.4 Å². The van der Waals surface area contributed by atoms with Crippen LogP contribution in [0.25, 0.3) is 91.5 Å². The normalized spacial score (nSPS) is 11.9. The quantitative estimate of drug-likeness (QED) is 0.0914. The molecule has 0 bridgehead atoms. The molecule has 0 fully saturated rings. The summed E-state index contributed by atoms with van der Waals surface area (Å²) in [7, 11) is 0.921. The average Bonchev–Trinajstić information content (AvgIpc) is 3.92. The van der Waals surface area contributed by atoms with Gasteiger partial charge in [0.15, 0.2) is 24.8 Å². The zero-order valence-electron chi connectivity index (χ0n) is 32.5. The SMILES string of the molecule is C=C/C=C\c1c(C=C)c(/C=c2/sc(BC)c(/C=C\C=C)c2=C)n(-c2cccc(-c3nc4cc(-c5nc(-c6ccccc6)nc(-c6ccccc6)n5)ccc4s3)c2)c1C. The van der Waals surface area contributed by atoms with Gasteiger partial charge in [0.05, 0.1) is 15.9 Å². The minimum Gasteiger partial charge on any atom is -0.313 e. The molecule has 0 aliphatic carbocycles. The Morgan fingerprint density at radius 3 is 1.88 bits per heavy atom. The minimum atomic E-state index is 0.600. The van der Waals surface area contributed by atoms with Crippen molar-refractivity contribution in [3.05, 3.63) is 185 Å². The molecule has 0 N–H and O–H groups in total. The van der Waals surface area contributed by atoms with Crippen LogP contribution >= 0.6 is 22.7 Å². The third kappa shape index (κ3) is 7.43. The molecule has 0 aliphatic heterocycles. The van der Waals surface area contributed by atoms with Gasteiger partial charge in [-0.25, -0.2) is 19.9 Å². The molecule has 0 radical (unpaired) electrons. The van der Waals surface area contributed by atoms with Crippen LogP contribution in [-0.4, -0.2) is 31.8 Å². The number of thiazole rings is 1. The summed E-state index contributed by atoms with van der Waals surface area (Å²) in [5, 5.41) is 1.94. The highest BCUT2D eigenvalue weighted by Crippen LogP contribution is 2.36. The number of allylic oxidation sites excluding steroid dienone is 4. The number of rotatable bonds is 12. The van der Waals surface area contributed by atoms with Crippen molar-refractivity contribution >= 4 is 75.8 Å². The molecular formula is C50H40BN5S2. The monoisotopic (exact) mass is 785 g/mol. The van der Waals surface area contributed by atoms with E-state index in [9.17, 15) is 0 Å². The van der Waals surface area contributed by atoms with Crippen molar-refractivity contribution in [2.24, 2.45) is 0 Å². The zero-order valence-corrected chi connectivity index (χ0v) is 34.2. The lowest BCUT2D eigenvalue weighted by atomic mass is 9.78. The van der Waals surface area contributed by atoms with Crippen molar-refractivity contribution in [1.82, 2.24) is 24.5 Å². The standard InChI is InChI=1S/C50H40BN5S2/c1-7-10-25-40-32(4)45(57-46(40)51-6)31-43-39(9-3)41(26-11-8-2)33(5)56(43)38-24-18-23-37(29-38)50-52-42-30-36(27-28-44(42)58-50)49-54-47(34-19-14-12-15-20-34)53-48(55-49)35-21-16-13-17-22-35/h7-31,51H,1-4H2,5-6H3/b25-10-,26-11-,45-31+. The van der Waals surface area contributed by atoms with Gasteiger partial charge in [-0.3, -0.25) is 0 Å². The van der Waals surface area contributed by atoms with Gasteiger partial charge in [-0.2, -0.15) is 11.3 Å². The number of hydrogen-bond donors (Lipinski definition) is 0. The highest BCUT2D eigenvalue weighted by atomic mass is 32.1. The van der Waals surface area contributed by atoms with Crippen molar-refractivity contribution in [3.63, 3.8) is 0 Å². The lowest BCUT2D eigenvalue weighted by molar-refractivity contribution is 0.999. The van der Waals surface area contributed by atoms with Crippen LogP contribution in [0, 0.1) is 6.92 Å². The van der Waals surface area contributed by atoms with E-state index in [0.717, 1.165) is 88.3 Å². The summed E-state index contributed by atoms with van der Waals surface area (Å²) in [5.41, 5.74) is 11.1. The van der Waals surface area contributed by atoms with Gasteiger partial charge >= 0.3 is 0 Å². The maximum Gasteiger partial charge on any atom is 0.168 e. The van der Waals surface area contributed by atoms with Crippen LogP contribution < -0.4 is 14.5 Å². The van der Waals surface area contributed by atoms with E-state index in [-0.39, 0.29) is 0 Å². The van der Waals surface area contributed by atoms with Gasteiger partial charge in [-0.15, -0.1) is 11.3 Å². The van der Waals surface area contributed by atoms with E-state index >= 15 is 0 Å². The fraction of sp³-hybridized carbons (Fsp3) is 0.0400. The number of thiophene rings is 1. The smallest absolute Gasteiger partial charge is 0.168 e. The van der Waals surface area contributed by atoms with Gasteiger partial charge in [0.25, 0.3) is 0 Å². The first-order chi connectivity index (χ1) is 28.4. The molecule has 8 aromatic rings. The van der Waals surface area contributed by atoms with Crippen LogP contribution in [0.3, 0.4) is 0 Å². The Kier molecular flexibility index (Phi) is 11.0. The lowest BCUT2D eigenvalue weighted by Gasteiger charge is -2.11. The van der Waals surface area contributed by atoms with E-state index in [4.69, 9.17) is 19.9 Å². The summed E-state index contributed by atoms with van der Waals surface area (Å²) < 4.78 is 5.80. The molecule has 8 heteroatoms. The van der Waals surface area contributed by atoms with E-state index in [1.54, 1.807) is 34.8 Å². The molecule has 0 atom stereocenters. The van der Waals surface area contributed by atoms with Crippen molar-refractivity contribution in [2.75, 3.05) is 0 Å². The molecule has 4 aromatic carbocycles. The Hall–Kier alpha value is -6.74. The maximum atomic E-state index is 5.19. The Morgan fingerprint density at radius 1 is 0.638 bits per heavy atom. The highest BCUT2D eigenvalue weighted by molar-refractivity contribution is 7.21. The summed E-state index contributed by atoms with van der Waals surface area (Å²) in [6.45, 7) is 20.9. The molecule has 8 rings (SSSR count). The van der Waals surface area contributed by atoms with Crippen LogP contribution in [-0.2, 0) is 0 Å². The molecule has 4 heterocycles. The highest BCUT2D eigenvalue weighted by Gasteiger charge is 2.19. The molecule has 0 spiro atoms. The van der Waals surface area contributed by atoms with Gasteiger partial charge in [0.2, 0.25) is 0 Å². The van der Waals surface area contributed by atoms with Gasteiger partial charge < -0.3 is 4.57 Å². The molecule has 5 nitrogen and oxygen atoms in total. The van der Waals surface area contributed by atoms with Crippen LogP contribution in [0.15, 0.2) is 147 Å². The molecule has 0 saturated heterocycles. The van der Waals surface area contributed by atoms with Crippen molar-refractivity contribution in [2.45, 2.75) is 13.7 Å². The van der Waals surface area contributed by atoms with E-state index in [2.05, 4.69) is 105 Å². The second-order valence-electron chi connectivity index (χ2n) is 13.6. The molecule has 58 heavy (non-hydrogen) atoms. The molecule has 0 unspecified atom stereocenters. The van der Waals surface area contributed by atoms with Gasteiger partial charge in [-0.05, 0) is 58.9 Å². The first kappa shape index (κ1) is 38.2. The summed E-state index contributed by atoms with van der Waals surface area (Å²) in [4.78, 5) is 19.9. The Labute approximate surface area is 347 Å². The van der Waals surface area contributed by atoms with Crippen LogP contribution in [0.1, 0.15) is 28.1 Å². The first-order valence-corrected chi connectivity index (χ1v) is 20.7. The summed E-state index contributed by atoms with van der Waals surface area (Å²) in [6, 6.07) is 34.9. The molecule has 4 aromatic heterocycles. The number of benzene rings is 4. The Morgan fingerprint density at radius 2 is 1.26 bits per heavy atom. The number of nitrogens with zero attached hydrogens (tertiary/aromatic N) is 5.